The van der Waals surface area contributed by atoms with E-state index in [1.165, 1.54) is 6.42 Å². The molecule has 2 atom stereocenters. The van der Waals surface area contributed by atoms with Crippen molar-refractivity contribution in [1.82, 2.24) is 10.2 Å². The normalized spacial score (nSPS) is 20.8. The third-order valence-corrected chi connectivity index (χ3v) is 5.50. The van der Waals surface area contributed by atoms with Crippen molar-refractivity contribution < 1.29 is 9.59 Å². The lowest BCUT2D eigenvalue weighted by Gasteiger charge is -2.25. The molecule has 2 aromatic rings. The van der Waals surface area contributed by atoms with Crippen molar-refractivity contribution in [3.05, 3.63) is 65.2 Å². The minimum absolute atomic E-state index is 0. The molecule has 2 bridgehead atoms. The highest BCUT2D eigenvalue weighted by Gasteiger charge is 2.32. The van der Waals surface area contributed by atoms with Crippen LogP contribution in [0.5, 0.6) is 0 Å². The van der Waals surface area contributed by atoms with Crippen LogP contribution in [0.1, 0.15) is 45.5 Å². The zero-order valence-corrected chi connectivity index (χ0v) is 16.8. The Morgan fingerprint density at radius 3 is 2.64 bits per heavy atom. The maximum absolute atomic E-state index is 13.2. The van der Waals surface area contributed by atoms with E-state index in [4.69, 9.17) is 0 Å². The van der Waals surface area contributed by atoms with Gasteiger partial charge in [-0.25, -0.2) is 0 Å². The smallest absolute Gasteiger partial charge is 0.256 e. The molecule has 2 amide bonds. The molecule has 6 heteroatoms. The number of hydrogen-bond acceptors (Lipinski definition) is 3. The fourth-order valence-corrected chi connectivity index (χ4v) is 4.06. The van der Waals surface area contributed by atoms with Crippen LogP contribution >= 0.6 is 12.4 Å². The van der Waals surface area contributed by atoms with Gasteiger partial charge in [-0.3, -0.25) is 9.59 Å². The highest BCUT2D eigenvalue weighted by Crippen LogP contribution is 2.24. The second-order valence-corrected chi connectivity index (χ2v) is 7.55. The average Bonchev–Trinajstić information content (AvgIpc) is 3.00. The van der Waals surface area contributed by atoms with Crippen molar-refractivity contribution >= 4 is 29.9 Å². The number of hydrogen-bond donors (Lipinski definition) is 2. The summed E-state index contributed by atoms with van der Waals surface area (Å²) in [7, 11) is 0. The van der Waals surface area contributed by atoms with E-state index in [1.807, 2.05) is 42.2 Å². The maximum atomic E-state index is 13.2. The fraction of sp³-hybridized carbons (Fsp3) is 0.364. The van der Waals surface area contributed by atoms with Gasteiger partial charge in [0.1, 0.15) is 0 Å². The molecule has 2 saturated heterocycles. The SMILES string of the molecule is Cc1cccc(C(=O)Nc2ccccc2C(=O)N2CCC3CCC(C2)N3)c1.Cl. The number of benzene rings is 2. The molecular formula is C22H26ClN3O2. The number of carbonyl (C=O) groups excluding carboxylic acids is 2. The van der Waals surface area contributed by atoms with Crippen molar-refractivity contribution in [2.24, 2.45) is 0 Å². The van der Waals surface area contributed by atoms with Crippen LogP contribution in [0.15, 0.2) is 48.5 Å². The first-order valence-electron chi connectivity index (χ1n) is 9.62. The number of likely N-dealkylation sites (tertiary alicyclic amines) is 1. The van der Waals surface area contributed by atoms with Gasteiger partial charge in [-0.2, -0.15) is 0 Å². The minimum Gasteiger partial charge on any atom is -0.337 e. The quantitative estimate of drug-likeness (QED) is 0.828. The first kappa shape index (κ1) is 20.4. The topological polar surface area (TPSA) is 61.4 Å². The number of para-hydroxylation sites is 1. The predicted molar refractivity (Wildman–Crippen MR) is 113 cm³/mol. The molecule has 4 rings (SSSR count). The van der Waals surface area contributed by atoms with E-state index >= 15 is 0 Å². The molecule has 148 valence electrons. The van der Waals surface area contributed by atoms with Gasteiger partial charge in [0, 0.05) is 30.7 Å². The number of fused-ring (bicyclic) bond motifs is 2. The number of rotatable bonds is 3. The average molecular weight is 400 g/mol. The largest absolute Gasteiger partial charge is 0.337 e. The maximum Gasteiger partial charge on any atom is 0.256 e. The molecule has 0 saturated carbocycles. The molecule has 0 radical (unpaired) electrons. The number of halogens is 1. The summed E-state index contributed by atoms with van der Waals surface area (Å²) < 4.78 is 0. The summed E-state index contributed by atoms with van der Waals surface area (Å²) in [6.07, 6.45) is 3.32. The molecule has 0 aliphatic carbocycles. The van der Waals surface area contributed by atoms with Crippen molar-refractivity contribution in [1.29, 1.82) is 0 Å². The summed E-state index contributed by atoms with van der Waals surface area (Å²) in [5, 5.41) is 6.52. The second kappa shape index (κ2) is 8.76. The molecule has 2 heterocycles. The van der Waals surface area contributed by atoms with Crippen LogP contribution in [0.2, 0.25) is 0 Å². The Balaban J connectivity index is 0.00000225. The highest BCUT2D eigenvalue weighted by atomic mass is 35.5. The van der Waals surface area contributed by atoms with Gasteiger partial charge in [-0.1, -0.05) is 29.8 Å². The highest BCUT2D eigenvalue weighted by molar-refractivity contribution is 6.09. The Morgan fingerprint density at radius 1 is 1.04 bits per heavy atom. The standard InChI is InChI=1S/C22H25N3O2.ClH/c1-15-5-4-6-16(13-15)21(26)24-20-8-3-2-7-19(20)22(27)25-12-11-17-9-10-18(14-25)23-17;/h2-8,13,17-18,23H,9-12,14H2,1H3,(H,24,26);1H. The number of aryl methyl sites for hydroxylation is 1. The fourth-order valence-electron chi connectivity index (χ4n) is 4.06. The monoisotopic (exact) mass is 399 g/mol. The van der Waals surface area contributed by atoms with E-state index in [0.717, 1.165) is 31.5 Å². The van der Waals surface area contributed by atoms with E-state index < -0.39 is 0 Å². The first-order chi connectivity index (χ1) is 13.1. The Kier molecular flexibility index (Phi) is 6.37. The van der Waals surface area contributed by atoms with Gasteiger partial charge in [0.25, 0.3) is 11.8 Å². The molecule has 0 aromatic heterocycles. The van der Waals surface area contributed by atoms with E-state index in [1.54, 1.807) is 18.2 Å². The van der Waals surface area contributed by atoms with Crippen molar-refractivity contribution in [3.63, 3.8) is 0 Å². The van der Waals surface area contributed by atoms with Crippen LogP contribution in [0.3, 0.4) is 0 Å². The zero-order valence-electron chi connectivity index (χ0n) is 16.0. The summed E-state index contributed by atoms with van der Waals surface area (Å²) in [4.78, 5) is 27.7. The molecule has 28 heavy (non-hydrogen) atoms. The van der Waals surface area contributed by atoms with Gasteiger partial charge in [0.2, 0.25) is 0 Å². The number of carbonyl (C=O) groups is 2. The molecule has 2 aliphatic rings. The molecular weight excluding hydrogens is 374 g/mol. The Bertz CT molecular complexity index is 870. The van der Waals surface area contributed by atoms with Gasteiger partial charge >= 0.3 is 0 Å². The van der Waals surface area contributed by atoms with Crippen LogP contribution < -0.4 is 10.6 Å². The lowest BCUT2D eigenvalue weighted by molar-refractivity contribution is 0.0749. The molecule has 2 fully saturated rings. The molecule has 2 aliphatic heterocycles. The number of anilines is 1. The summed E-state index contributed by atoms with van der Waals surface area (Å²) in [5.74, 6) is -0.208. The molecule has 5 nitrogen and oxygen atoms in total. The summed E-state index contributed by atoms with van der Waals surface area (Å²) >= 11 is 0. The number of nitrogens with zero attached hydrogens (tertiary/aromatic N) is 1. The minimum atomic E-state index is -0.199. The van der Waals surface area contributed by atoms with E-state index in [-0.39, 0.29) is 24.2 Å². The predicted octanol–water partition coefficient (Wildman–Crippen LogP) is 3.64. The van der Waals surface area contributed by atoms with E-state index in [9.17, 15) is 9.59 Å². The number of amides is 2. The zero-order chi connectivity index (χ0) is 18.8. The molecule has 2 unspecified atom stereocenters. The Labute approximate surface area is 171 Å². The summed E-state index contributed by atoms with van der Waals surface area (Å²) in [6, 6.07) is 15.6. The van der Waals surface area contributed by atoms with Gasteiger partial charge in [-0.05, 0) is 50.5 Å². The Hall–Kier alpha value is -2.37. The van der Waals surface area contributed by atoms with Crippen molar-refractivity contribution in [2.75, 3.05) is 18.4 Å². The summed E-state index contributed by atoms with van der Waals surface area (Å²) in [6.45, 7) is 3.44. The summed E-state index contributed by atoms with van der Waals surface area (Å²) in [5.41, 5.74) is 2.74. The Morgan fingerprint density at radius 2 is 1.82 bits per heavy atom. The molecule has 2 aromatic carbocycles. The molecule has 2 N–H and O–H groups in total. The number of nitrogens with one attached hydrogen (secondary N) is 2. The van der Waals surface area contributed by atoms with Crippen LogP contribution in [0.4, 0.5) is 5.69 Å². The third kappa shape index (κ3) is 4.37. The van der Waals surface area contributed by atoms with Gasteiger partial charge in [0.15, 0.2) is 0 Å². The lowest BCUT2D eigenvalue weighted by Crippen LogP contribution is -2.39. The van der Waals surface area contributed by atoms with E-state index in [0.29, 0.717) is 28.9 Å². The molecule has 0 spiro atoms. The third-order valence-electron chi connectivity index (χ3n) is 5.50. The van der Waals surface area contributed by atoms with E-state index in [2.05, 4.69) is 10.6 Å². The lowest BCUT2D eigenvalue weighted by atomic mass is 10.1. The van der Waals surface area contributed by atoms with Gasteiger partial charge < -0.3 is 15.5 Å². The van der Waals surface area contributed by atoms with Crippen molar-refractivity contribution in [2.45, 2.75) is 38.3 Å². The first-order valence-corrected chi connectivity index (χ1v) is 9.62. The van der Waals surface area contributed by atoms with Crippen LogP contribution in [-0.2, 0) is 0 Å². The van der Waals surface area contributed by atoms with Crippen molar-refractivity contribution in [3.8, 4) is 0 Å². The van der Waals surface area contributed by atoms with Gasteiger partial charge in [0.05, 0.1) is 11.3 Å². The van der Waals surface area contributed by atoms with Gasteiger partial charge in [-0.15, -0.1) is 12.4 Å². The van der Waals surface area contributed by atoms with Crippen LogP contribution in [0.25, 0.3) is 0 Å². The van der Waals surface area contributed by atoms with Crippen LogP contribution in [0, 0.1) is 6.92 Å². The van der Waals surface area contributed by atoms with Crippen LogP contribution in [-0.4, -0.2) is 41.9 Å². The second-order valence-electron chi connectivity index (χ2n) is 7.55.